The molecule has 1 saturated heterocycles. The normalized spacial score (nSPS) is 13.6. The Morgan fingerprint density at radius 3 is 2.84 bits per heavy atom. The predicted octanol–water partition coefficient (Wildman–Crippen LogP) is 2.67. The number of nitrogens with one attached hydrogen (secondary N) is 2. The lowest BCUT2D eigenvalue weighted by molar-refractivity contribution is -0.120. The van der Waals surface area contributed by atoms with Crippen molar-refractivity contribution in [3.8, 4) is 5.75 Å². The Balaban J connectivity index is 1.68. The molecule has 3 rings (SSSR count). The zero-order valence-corrected chi connectivity index (χ0v) is 17.7. The van der Waals surface area contributed by atoms with Gasteiger partial charge in [0.25, 0.3) is 5.91 Å². The summed E-state index contributed by atoms with van der Waals surface area (Å²) in [6.07, 6.45) is 0. The molecule has 1 fully saturated rings. The Morgan fingerprint density at radius 2 is 2.10 bits per heavy atom. The number of hydrogen-bond acceptors (Lipinski definition) is 6. The van der Waals surface area contributed by atoms with E-state index in [0.717, 1.165) is 0 Å². The van der Waals surface area contributed by atoms with Gasteiger partial charge in [-0.3, -0.25) is 9.59 Å². The smallest absolute Gasteiger partial charge is 0.259 e. The number of piperazine rings is 1. The van der Waals surface area contributed by atoms with Gasteiger partial charge in [0.2, 0.25) is 5.91 Å². The van der Waals surface area contributed by atoms with Gasteiger partial charge in [-0.1, -0.05) is 11.6 Å². The summed E-state index contributed by atoms with van der Waals surface area (Å²) in [5, 5.41) is 5.68. The second kappa shape index (κ2) is 10.9. The van der Waals surface area contributed by atoms with Crippen LogP contribution in [0.25, 0.3) is 0 Å². The highest BCUT2D eigenvalue weighted by atomic mass is 35.5. The third-order valence-corrected chi connectivity index (χ3v) is 4.74. The van der Waals surface area contributed by atoms with E-state index in [1.165, 1.54) is 18.2 Å². The summed E-state index contributed by atoms with van der Waals surface area (Å²) in [5.74, 6) is -0.945. The van der Waals surface area contributed by atoms with Crippen LogP contribution in [0, 0.1) is 5.82 Å². The molecule has 0 saturated carbocycles. The molecule has 0 aliphatic carbocycles. The number of methoxy groups -OCH3 is 1. The van der Waals surface area contributed by atoms with E-state index in [2.05, 4.69) is 10.6 Å². The van der Waals surface area contributed by atoms with Crippen LogP contribution in [-0.2, 0) is 14.3 Å². The average Bonchev–Trinajstić information content (AvgIpc) is 2.74. The number of halogens is 2. The SMILES string of the molecule is COCCOCOc1ccc(Cl)cc1C(=O)Nc1ccc(N2CCNC(=O)C2)c(F)c1. The Hall–Kier alpha value is -2.88. The van der Waals surface area contributed by atoms with E-state index in [0.29, 0.717) is 37.0 Å². The van der Waals surface area contributed by atoms with Crippen LogP contribution in [-0.4, -0.2) is 58.6 Å². The number of hydrogen-bond donors (Lipinski definition) is 2. The topological polar surface area (TPSA) is 89.1 Å². The minimum Gasteiger partial charge on any atom is -0.467 e. The maximum atomic E-state index is 14.6. The van der Waals surface area contributed by atoms with Crippen molar-refractivity contribution in [2.24, 2.45) is 0 Å². The lowest BCUT2D eigenvalue weighted by atomic mass is 10.1. The third kappa shape index (κ3) is 6.30. The number of anilines is 2. The fraction of sp³-hybridized carbons (Fsp3) is 0.333. The second-order valence-corrected chi connectivity index (χ2v) is 7.13. The molecule has 1 aliphatic rings. The molecule has 0 bridgehead atoms. The molecular formula is C21H23ClFN3O5. The minimum atomic E-state index is -0.540. The van der Waals surface area contributed by atoms with Crippen LogP contribution in [0.2, 0.25) is 5.02 Å². The number of amides is 2. The lowest BCUT2D eigenvalue weighted by Crippen LogP contribution is -2.48. The number of carbonyl (C=O) groups excluding carboxylic acids is 2. The first-order valence-corrected chi connectivity index (χ1v) is 9.97. The molecular weight excluding hydrogens is 429 g/mol. The first kappa shape index (κ1) is 22.8. The number of carbonyl (C=O) groups is 2. The molecule has 1 heterocycles. The summed E-state index contributed by atoms with van der Waals surface area (Å²) >= 11 is 6.03. The van der Waals surface area contributed by atoms with Crippen molar-refractivity contribution in [2.75, 3.05) is 57.0 Å². The third-order valence-electron chi connectivity index (χ3n) is 4.50. The Kier molecular flexibility index (Phi) is 8.05. The second-order valence-electron chi connectivity index (χ2n) is 6.70. The largest absolute Gasteiger partial charge is 0.467 e. The highest BCUT2D eigenvalue weighted by Crippen LogP contribution is 2.26. The van der Waals surface area contributed by atoms with Crippen LogP contribution in [0.4, 0.5) is 15.8 Å². The van der Waals surface area contributed by atoms with E-state index in [4.69, 9.17) is 25.8 Å². The minimum absolute atomic E-state index is 0.0714. The average molecular weight is 452 g/mol. The number of rotatable bonds is 9. The zero-order valence-electron chi connectivity index (χ0n) is 17.0. The summed E-state index contributed by atoms with van der Waals surface area (Å²) in [4.78, 5) is 26.0. The fourth-order valence-corrected chi connectivity index (χ4v) is 3.17. The van der Waals surface area contributed by atoms with E-state index >= 15 is 0 Å². The van der Waals surface area contributed by atoms with E-state index in [9.17, 15) is 14.0 Å². The van der Waals surface area contributed by atoms with Crippen LogP contribution in [0.3, 0.4) is 0 Å². The van der Waals surface area contributed by atoms with Gasteiger partial charge in [0.05, 0.1) is 31.0 Å². The van der Waals surface area contributed by atoms with E-state index in [1.54, 1.807) is 30.2 Å². The molecule has 1 aliphatic heterocycles. The zero-order chi connectivity index (χ0) is 22.2. The molecule has 0 radical (unpaired) electrons. The van der Waals surface area contributed by atoms with E-state index < -0.39 is 11.7 Å². The molecule has 31 heavy (non-hydrogen) atoms. The van der Waals surface area contributed by atoms with Gasteiger partial charge in [-0.15, -0.1) is 0 Å². The summed E-state index contributed by atoms with van der Waals surface area (Å²) < 4.78 is 30.3. The van der Waals surface area contributed by atoms with Gasteiger partial charge in [0.1, 0.15) is 11.6 Å². The van der Waals surface area contributed by atoms with Gasteiger partial charge in [0, 0.05) is 30.9 Å². The first-order valence-electron chi connectivity index (χ1n) is 9.59. The van der Waals surface area contributed by atoms with E-state index in [-0.39, 0.29) is 36.2 Å². The summed E-state index contributed by atoms with van der Waals surface area (Å²) in [7, 11) is 1.56. The van der Waals surface area contributed by atoms with Gasteiger partial charge in [0.15, 0.2) is 6.79 Å². The molecule has 166 valence electrons. The van der Waals surface area contributed by atoms with Crippen molar-refractivity contribution in [3.05, 3.63) is 52.8 Å². The summed E-state index contributed by atoms with van der Waals surface area (Å²) in [6, 6.07) is 8.91. The van der Waals surface area contributed by atoms with Gasteiger partial charge >= 0.3 is 0 Å². The maximum Gasteiger partial charge on any atom is 0.259 e. The number of benzene rings is 2. The van der Waals surface area contributed by atoms with Gasteiger partial charge in [-0.2, -0.15) is 0 Å². The van der Waals surface area contributed by atoms with Crippen molar-refractivity contribution in [1.82, 2.24) is 5.32 Å². The van der Waals surface area contributed by atoms with Crippen LogP contribution < -0.4 is 20.3 Å². The fourth-order valence-electron chi connectivity index (χ4n) is 3.00. The standard InChI is InChI=1S/C21H23ClFN3O5/c1-29-8-9-30-13-31-19-5-2-14(22)10-16(19)21(28)25-15-3-4-18(17(23)11-15)26-7-6-24-20(27)12-26/h2-5,10-11H,6-9,12-13H2,1H3,(H,24,27)(H,25,28). The predicted molar refractivity (Wildman–Crippen MR) is 114 cm³/mol. The van der Waals surface area contributed by atoms with Crippen molar-refractivity contribution in [2.45, 2.75) is 0 Å². The Morgan fingerprint density at radius 1 is 1.26 bits per heavy atom. The van der Waals surface area contributed by atoms with Gasteiger partial charge in [-0.05, 0) is 36.4 Å². The molecule has 2 N–H and O–H groups in total. The molecule has 2 amide bonds. The molecule has 0 atom stereocenters. The van der Waals surface area contributed by atoms with Crippen molar-refractivity contribution in [3.63, 3.8) is 0 Å². The molecule has 0 spiro atoms. The summed E-state index contributed by atoms with van der Waals surface area (Å²) in [5.41, 5.74) is 0.739. The Labute approximate surface area is 184 Å². The van der Waals surface area contributed by atoms with Crippen LogP contribution in [0.1, 0.15) is 10.4 Å². The molecule has 2 aromatic rings. The van der Waals surface area contributed by atoms with E-state index in [1.807, 2.05) is 0 Å². The monoisotopic (exact) mass is 451 g/mol. The van der Waals surface area contributed by atoms with Crippen LogP contribution in [0.15, 0.2) is 36.4 Å². The highest BCUT2D eigenvalue weighted by molar-refractivity contribution is 6.31. The van der Waals surface area contributed by atoms with Crippen LogP contribution in [0.5, 0.6) is 5.75 Å². The molecule has 0 aromatic heterocycles. The highest BCUT2D eigenvalue weighted by Gasteiger charge is 2.20. The molecule has 8 nitrogen and oxygen atoms in total. The molecule has 0 unspecified atom stereocenters. The summed E-state index contributed by atoms with van der Waals surface area (Å²) in [6.45, 7) is 1.72. The number of nitrogens with zero attached hydrogens (tertiary/aromatic N) is 1. The van der Waals surface area contributed by atoms with Gasteiger partial charge in [-0.25, -0.2) is 4.39 Å². The van der Waals surface area contributed by atoms with Crippen molar-refractivity contribution < 1.29 is 28.2 Å². The lowest BCUT2D eigenvalue weighted by Gasteiger charge is -2.29. The quantitative estimate of drug-likeness (QED) is 0.450. The van der Waals surface area contributed by atoms with Crippen molar-refractivity contribution >= 4 is 34.8 Å². The van der Waals surface area contributed by atoms with Gasteiger partial charge < -0.3 is 29.7 Å². The first-order chi connectivity index (χ1) is 15.0. The Bertz CT molecular complexity index is 943. The van der Waals surface area contributed by atoms with Crippen molar-refractivity contribution in [1.29, 1.82) is 0 Å². The maximum absolute atomic E-state index is 14.6. The molecule has 10 heteroatoms. The van der Waals surface area contributed by atoms with Crippen LogP contribution >= 0.6 is 11.6 Å². The molecule has 2 aromatic carbocycles. The number of ether oxygens (including phenoxy) is 3.